The number of rotatable bonds is 3. The number of nitrogen functional groups attached to an aromatic ring is 1. The first-order chi connectivity index (χ1) is 9.17. The van der Waals surface area contributed by atoms with Gasteiger partial charge in [-0.3, -0.25) is 4.68 Å². The van der Waals surface area contributed by atoms with Gasteiger partial charge < -0.3 is 15.2 Å². The number of ether oxygens (including phenoxy) is 2. The molecular formula is C12H16N4O3. The van der Waals surface area contributed by atoms with Gasteiger partial charge in [0, 0.05) is 12.8 Å². The van der Waals surface area contributed by atoms with Gasteiger partial charge in [-0.05, 0) is 13.3 Å². The third-order valence-electron chi connectivity index (χ3n) is 3.09. The summed E-state index contributed by atoms with van der Waals surface area (Å²) in [4.78, 5) is 11.7. The molecule has 102 valence electrons. The molecular weight excluding hydrogens is 248 g/mol. The summed E-state index contributed by atoms with van der Waals surface area (Å²) < 4.78 is 11.8. The molecule has 1 aromatic rings. The number of carbonyl (C=O) groups is 1. The third kappa shape index (κ3) is 2.69. The van der Waals surface area contributed by atoms with Gasteiger partial charge in [-0.1, -0.05) is 0 Å². The van der Waals surface area contributed by atoms with Gasteiger partial charge in [0.05, 0.1) is 31.2 Å². The Kier molecular flexibility index (Phi) is 4.02. The zero-order valence-corrected chi connectivity index (χ0v) is 10.7. The standard InChI is InChI=1S/C12H16N4O3/c1-2-19-12(17)9-6-16(15-11(9)14)10-7-18-4-3-8(10)5-13/h6,8,10H,2-4,7H2,1H3,(H2,14,15)/t8-,10?/m1/s1. The number of hydrogen-bond acceptors (Lipinski definition) is 6. The van der Waals surface area contributed by atoms with Gasteiger partial charge in [-0.25, -0.2) is 4.79 Å². The van der Waals surface area contributed by atoms with Gasteiger partial charge in [-0.2, -0.15) is 10.4 Å². The number of nitriles is 1. The highest BCUT2D eigenvalue weighted by atomic mass is 16.5. The maximum absolute atomic E-state index is 11.7. The highest BCUT2D eigenvalue weighted by Gasteiger charge is 2.29. The van der Waals surface area contributed by atoms with Crippen molar-refractivity contribution in [3.63, 3.8) is 0 Å². The molecule has 7 nitrogen and oxygen atoms in total. The molecule has 1 saturated heterocycles. The van der Waals surface area contributed by atoms with Crippen LogP contribution in [0, 0.1) is 17.2 Å². The molecule has 1 aliphatic heterocycles. The van der Waals surface area contributed by atoms with Crippen LogP contribution in [-0.4, -0.2) is 35.6 Å². The average Bonchev–Trinajstić information content (AvgIpc) is 2.81. The van der Waals surface area contributed by atoms with E-state index in [9.17, 15) is 4.79 Å². The van der Waals surface area contributed by atoms with Crippen molar-refractivity contribution in [1.82, 2.24) is 9.78 Å². The van der Waals surface area contributed by atoms with Crippen LogP contribution in [0.5, 0.6) is 0 Å². The fourth-order valence-corrected chi connectivity index (χ4v) is 2.08. The van der Waals surface area contributed by atoms with Crippen molar-refractivity contribution in [2.75, 3.05) is 25.6 Å². The monoisotopic (exact) mass is 264 g/mol. The molecule has 2 N–H and O–H groups in total. The van der Waals surface area contributed by atoms with Crippen molar-refractivity contribution in [3.8, 4) is 6.07 Å². The summed E-state index contributed by atoms with van der Waals surface area (Å²) >= 11 is 0. The summed E-state index contributed by atoms with van der Waals surface area (Å²) in [5.41, 5.74) is 5.94. The van der Waals surface area contributed by atoms with E-state index in [1.807, 2.05) is 0 Å². The Morgan fingerprint density at radius 1 is 1.79 bits per heavy atom. The van der Waals surface area contributed by atoms with Crippen LogP contribution >= 0.6 is 0 Å². The Morgan fingerprint density at radius 2 is 2.58 bits per heavy atom. The van der Waals surface area contributed by atoms with Crippen LogP contribution < -0.4 is 5.73 Å². The van der Waals surface area contributed by atoms with Crippen molar-refractivity contribution in [2.45, 2.75) is 19.4 Å². The SMILES string of the molecule is CCOC(=O)c1cn(C2COCC[C@@H]2C#N)nc1N. The molecule has 0 aromatic carbocycles. The average molecular weight is 264 g/mol. The van der Waals surface area contributed by atoms with E-state index >= 15 is 0 Å². The minimum atomic E-state index is -0.503. The summed E-state index contributed by atoms with van der Waals surface area (Å²) in [6.07, 6.45) is 2.17. The van der Waals surface area contributed by atoms with E-state index in [0.29, 0.717) is 19.6 Å². The van der Waals surface area contributed by atoms with Crippen LogP contribution in [0.1, 0.15) is 29.7 Å². The topological polar surface area (TPSA) is 103 Å². The largest absolute Gasteiger partial charge is 0.462 e. The molecule has 0 aliphatic carbocycles. The third-order valence-corrected chi connectivity index (χ3v) is 3.09. The number of hydrogen-bond donors (Lipinski definition) is 1. The number of anilines is 1. The Balaban J connectivity index is 2.23. The lowest BCUT2D eigenvalue weighted by Gasteiger charge is -2.26. The van der Waals surface area contributed by atoms with Gasteiger partial charge in [0.2, 0.25) is 0 Å². The highest BCUT2D eigenvalue weighted by Crippen LogP contribution is 2.27. The normalized spacial score (nSPS) is 22.7. The van der Waals surface area contributed by atoms with Gasteiger partial charge in [0.15, 0.2) is 5.82 Å². The smallest absolute Gasteiger partial charge is 0.343 e. The lowest BCUT2D eigenvalue weighted by Crippen LogP contribution is -2.29. The van der Waals surface area contributed by atoms with E-state index in [1.54, 1.807) is 6.92 Å². The fourth-order valence-electron chi connectivity index (χ4n) is 2.08. The number of nitrogens with zero attached hydrogens (tertiary/aromatic N) is 3. The van der Waals surface area contributed by atoms with Crippen LogP contribution in [0.25, 0.3) is 0 Å². The summed E-state index contributed by atoms with van der Waals surface area (Å²) in [5.74, 6) is -0.583. The Bertz CT molecular complexity index is 506. The molecule has 0 amide bonds. The van der Waals surface area contributed by atoms with Crippen molar-refractivity contribution in [3.05, 3.63) is 11.8 Å². The summed E-state index contributed by atoms with van der Waals surface area (Å²) in [6.45, 7) is 2.95. The molecule has 0 spiro atoms. The van der Waals surface area contributed by atoms with Gasteiger partial charge in [0.1, 0.15) is 5.56 Å². The first-order valence-corrected chi connectivity index (χ1v) is 6.16. The lowest BCUT2D eigenvalue weighted by molar-refractivity contribution is 0.0340. The first-order valence-electron chi connectivity index (χ1n) is 6.16. The van der Waals surface area contributed by atoms with E-state index in [0.717, 1.165) is 0 Å². The number of nitrogens with two attached hydrogens (primary N) is 1. The summed E-state index contributed by atoms with van der Waals surface area (Å²) in [5, 5.41) is 13.2. The summed E-state index contributed by atoms with van der Waals surface area (Å²) in [6, 6.07) is 2.02. The number of aromatic nitrogens is 2. The molecule has 1 fully saturated rings. The van der Waals surface area contributed by atoms with E-state index in [4.69, 9.17) is 20.5 Å². The molecule has 0 saturated carbocycles. The van der Waals surface area contributed by atoms with Crippen molar-refractivity contribution in [2.24, 2.45) is 5.92 Å². The van der Waals surface area contributed by atoms with Gasteiger partial charge in [-0.15, -0.1) is 0 Å². The number of carbonyl (C=O) groups excluding carboxylic acids is 1. The molecule has 1 aliphatic rings. The van der Waals surface area contributed by atoms with E-state index in [-0.39, 0.29) is 29.9 Å². The van der Waals surface area contributed by atoms with Crippen LogP contribution in [0.3, 0.4) is 0 Å². The maximum atomic E-state index is 11.7. The molecule has 0 bridgehead atoms. The van der Waals surface area contributed by atoms with Crippen molar-refractivity contribution >= 4 is 11.8 Å². The van der Waals surface area contributed by atoms with Crippen molar-refractivity contribution < 1.29 is 14.3 Å². The maximum Gasteiger partial charge on any atom is 0.343 e. The molecule has 2 atom stereocenters. The Morgan fingerprint density at radius 3 is 3.26 bits per heavy atom. The Labute approximate surface area is 110 Å². The van der Waals surface area contributed by atoms with Crippen molar-refractivity contribution in [1.29, 1.82) is 5.26 Å². The minimum Gasteiger partial charge on any atom is -0.462 e. The molecule has 0 radical (unpaired) electrons. The van der Waals surface area contributed by atoms with Crippen LogP contribution in [0.15, 0.2) is 6.20 Å². The second-order valence-corrected chi connectivity index (χ2v) is 4.30. The van der Waals surface area contributed by atoms with E-state index < -0.39 is 5.97 Å². The zero-order chi connectivity index (χ0) is 13.8. The van der Waals surface area contributed by atoms with Crippen LogP contribution in [0.2, 0.25) is 0 Å². The highest BCUT2D eigenvalue weighted by molar-refractivity contribution is 5.93. The molecule has 1 unspecified atom stereocenters. The quantitative estimate of drug-likeness (QED) is 0.808. The molecule has 2 heterocycles. The lowest BCUT2D eigenvalue weighted by atomic mass is 9.97. The zero-order valence-electron chi connectivity index (χ0n) is 10.7. The predicted molar refractivity (Wildman–Crippen MR) is 66.2 cm³/mol. The van der Waals surface area contributed by atoms with E-state index in [2.05, 4.69) is 11.2 Å². The van der Waals surface area contributed by atoms with Crippen LogP contribution in [0.4, 0.5) is 5.82 Å². The van der Waals surface area contributed by atoms with Gasteiger partial charge >= 0.3 is 5.97 Å². The predicted octanol–water partition coefficient (Wildman–Crippen LogP) is 0.743. The number of esters is 1. The first kappa shape index (κ1) is 13.4. The minimum absolute atomic E-state index is 0.112. The van der Waals surface area contributed by atoms with E-state index in [1.165, 1.54) is 10.9 Å². The summed E-state index contributed by atoms with van der Waals surface area (Å²) in [7, 11) is 0. The Hall–Kier alpha value is -2.07. The van der Waals surface area contributed by atoms with Crippen LogP contribution in [-0.2, 0) is 9.47 Å². The second-order valence-electron chi connectivity index (χ2n) is 4.30. The second kappa shape index (κ2) is 5.71. The molecule has 1 aromatic heterocycles. The van der Waals surface area contributed by atoms with Gasteiger partial charge in [0.25, 0.3) is 0 Å². The fraction of sp³-hybridized carbons (Fsp3) is 0.583. The molecule has 19 heavy (non-hydrogen) atoms. The molecule has 7 heteroatoms. The molecule has 2 rings (SSSR count).